The Labute approximate surface area is 389 Å². The molecule has 10 aromatic carbocycles. The first kappa shape index (κ1) is 40.1. The van der Waals surface area contributed by atoms with Crippen LogP contribution in [0, 0.1) is 11.3 Å². The van der Waals surface area contributed by atoms with Crippen molar-refractivity contribution in [3.05, 3.63) is 277 Å². The van der Waals surface area contributed by atoms with Crippen LogP contribution in [0.1, 0.15) is 27.8 Å². The molecule has 12 rings (SSSR count). The van der Waals surface area contributed by atoms with Crippen molar-refractivity contribution in [2.45, 2.75) is 5.41 Å². The van der Waals surface area contributed by atoms with E-state index in [1.54, 1.807) is 0 Å². The van der Waals surface area contributed by atoms with Crippen molar-refractivity contribution in [2.75, 3.05) is 0 Å². The lowest BCUT2D eigenvalue weighted by Crippen LogP contribution is -2.34. The molecule has 0 unspecified atom stereocenters. The van der Waals surface area contributed by atoms with Crippen LogP contribution in [0.25, 0.3) is 49.7 Å². The number of nitriles is 1. The molecule has 4 nitrogen and oxygen atoms in total. The standard InChI is InChI=1S/C62H41N2O2P/c63-42-43-26-36-58-54(38-43)55-39-45(31-37-59(55)64(58)50-20-10-3-11-21-50)47-30-35-57-61(41-47)66-60-40-46(29-34-56(60)62(57,48-16-6-1-7-17-48)49-18-8-2-9-19-49)44-27-32-53(33-28-44)67(65,51-22-12-4-13-23-51)52-24-14-5-15-25-52/h1-41H. The summed E-state index contributed by atoms with van der Waals surface area (Å²) in [6.07, 6.45) is 0. The highest BCUT2D eigenvalue weighted by atomic mass is 31.2. The SMILES string of the molecule is N#Cc1ccc2c(c1)c1cc(-c3ccc4c(c3)Oc3cc(-c5ccc(P(=O)(c6ccccc6)c6ccccc6)cc5)ccc3C4(c3ccccc3)c3ccccc3)ccc1n2-c1ccccc1. The maximum Gasteiger partial charge on any atom is 0.171 e. The number of ether oxygens (including phenoxy) is 1. The first-order valence-corrected chi connectivity index (χ1v) is 24.2. The molecule has 0 amide bonds. The summed E-state index contributed by atoms with van der Waals surface area (Å²) in [5.74, 6) is 1.54. The number of hydrogen-bond donors (Lipinski definition) is 0. The molecule has 0 fully saturated rings. The number of para-hydroxylation sites is 1. The Morgan fingerprint density at radius 1 is 0.418 bits per heavy atom. The van der Waals surface area contributed by atoms with Crippen molar-refractivity contribution < 1.29 is 9.30 Å². The van der Waals surface area contributed by atoms with Gasteiger partial charge in [0.2, 0.25) is 0 Å². The number of benzene rings is 10. The first-order chi connectivity index (χ1) is 33.0. The highest BCUT2D eigenvalue weighted by Crippen LogP contribution is 2.56. The minimum absolute atomic E-state index is 0.624. The largest absolute Gasteiger partial charge is 0.457 e. The quantitative estimate of drug-likeness (QED) is 0.143. The van der Waals surface area contributed by atoms with Gasteiger partial charge in [-0.1, -0.05) is 194 Å². The third-order valence-corrected chi connectivity index (χ3v) is 16.5. The second-order valence-electron chi connectivity index (χ2n) is 17.1. The normalized spacial score (nSPS) is 12.8. The van der Waals surface area contributed by atoms with Gasteiger partial charge in [0.25, 0.3) is 0 Å². The van der Waals surface area contributed by atoms with Crippen molar-refractivity contribution in [3.8, 4) is 45.5 Å². The van der Waals surface area contributed by atoms with Crippen molar-refractivity contribution in [3.63, 3.8) is 0 Å². The lowest BCUT2D eigenvalue weighted by Gasteiger charge is -2.41. The Kier molecular flexibility index (Phi) is 9.68. The molecular weight excluding hydrogens is 836 g/mol. The Morgan fingerprint density at radius 3 is 1.37 bits per heavy atom. The molecule has 1 aliphatic rings. The zero-order valence-corrected chi connectivity index (χ0v) is 37.2. The Balaban J connectivity index is 1.01. The second kappa shape index (κ2) is 16.2. The van der Waals surface area contributed by atoms with Gasteiger partial charge in [0.1, 0.15) is 11.5 Å². The molecule has 67 heavy (non-hydrogen) atoms. The molecule has 2 heterocycles. The van der Waals surface area contributed by atoms with Gasteiger partial charge in [-0.2, -0.15) is 5.26 Å². The van der Waals surface area contributed by atoms with Crippen LogP contribution in [0.5, 0.6) is 11.5 Å². The van der Waals surface area contributed by atoms with Crippen LogP contribution in [-0.2, 0) is 9.98 Å². The minimum atomic E-state index is -3.14. The first-order valence-electron chi connectivity index (χ1n) is 22.5. The van der Waals surface area contributed by atoms with Gasteiger partial charge in [0.05, 0.1) is 28.1 Å². The molecule has 1 aliphatic heterocycles. The molecule has 0 saturated carbocycles. The molecule has 5 heteroatoms. The molecule has 0 atom stereocenters. The lowest BCUT2D eigenvalue weighted by atomic mass is 9.63. The van der Waals surface area contributed by atoms with Crippen LogP contribution < -0.4 is 20.7 Å². The molecule has 316 valence electrons. The summed E-state index contributed by atoms with van der Waals surface area (Å²) < 4.78 is 24.7. The van der Waals surface area contributed by atoms with E-state index in [0.29, 0.717) is 5.56 Å². The fraction of sp³-hybridized carbons (Fsp3) is 0.0161. The molecule has 0 bridgehead atoms. The second-order valence-corrected chi connectivity index (χ2v) is 19.8. The molecular formula is C62H41N2O2P. The fourth-order valence-corrected chi connectivity index (χ4v) is 13.0. The van der Waals surface area contributed by atoms with Crippen molar-refractivity contribution in [1.29, 1.82) is 5.26 Å². The molecule has 11 aromatic rings. The maximum atomic E-state index is 15.2. The van der Waals surface area contributed by atoms with Crippen LogP contribution in [0.2, 0.25) is 0 Å². The van der Waals surface area contributed by atoms with Gasteiger partial charge < -0.3 is 13.9 Å². The van der Waals surface area contributed by atoms with Crippen molar-refractivity contribution in [1.82, 2.24) is 4.57 Å². The van der Waals surface area contributed by atoms with Gasteiger partial charge in [-0.05, 0) is 88.0 Å². The van der Waals surface area contributed by atoms with Crippen molar-refractivity contribution >= 4 is 44.9 Å². The van der Waals surface area contributed by atoms with E-state index >= 15 is 4.57 Å². The highest BCUT2D eigenvalue weighted by molar-refractivity contribution is 7.85. The van der Waals surface area contributed by atoms with Crippen LogP contribution in [-0.4, -0.2) is 4.57 Å². The fourth-order valence-electron chi connectivity index (χ4n) is 10.3. The van der Waals surface area contributed by atoms with Crippen LogP contribution >= 0.6 is 7.14 Å². The number of fused-ring (bicyclic) bond motifs is 5. The zero-order valence-electron chi connectivity index (χ0n) is 36.3. The van der Waals surface area contributed by atoms with E-state index < -0.39 is 12.6 Å². The lowest BCUT2D eigenvalue weighted by molar-refractivity contribution is 0.435. The Bertz CT molecular complexity index is 3650. The minimum Gasteiger partial charge on any atom is -0.457 e. The van der Waals surface area contributed by atoms with Gasteiger partial charge in [-0.3, -0.25) is 0 Å². The average Bonchev–Trinajstić information content (AvgIpc) is 3.74. The number of hydrogen-bond acceptors (Lipinski definition) is 3. The van der Waals surface area contributed by atoms with Gasteiger partial charge in [-0.25, -0.2) is 0 Å². The summed E-state index contributed by atoms with van der Waals surface area (Å²) in [6, 6.07) is 87.7. The Morgan fingerprint density at radius 2 is 0.836 bits per heavy atom. The van der Waals surface area contributed by atoms with E-state index in [4.69, 9.17) is 4.74 Å². The molecule has 0 aliphatic carbocycles. The Hall–Kier alpha value is -8.48. The average molecular weight is 877 g/mol. The zero-order chi connectivity index (χ0) is 45.0. The third kappa shape index (κ3) is 6.47. The van der Waals surface area contributed by atoms with E-state index in [0.717, 1.165) is 99.4 Å². The highest BCUT2D eigenvalue weighted by Gasteiger charge is 2.45. The summed E-state index contributed by atoms with van der Waals surface area (Å²) >= 11 is 0. The van der Waals surface area contributed by atoms with Crippen molar-refractivity contribution in [2.24, 2.45) is 0 Å². The topological polar surface area (TPSA) is 55.0 Å². The number of aromatic nitrogens is 1. The predicted octanol–water partition coefficient (Wildman–Crippen LogP) is 14.1. The molecule has 0 N–H and O–H groups in total. The van der Waals surface area contributed by atoms with Gasteiger partial charge in [-0.15, -0.1) is 0 Å². The van der Waals surface area contributed by atoms with E-state index in [1.807, 2.05) is 97.1 Å². The van der Waals surface area contributed by atoms with Crippen LogP contribution in [0.3, 0.4) is 0 Å². The van der Waals surface area contributed by atoms with E-state index in [1.165, 1.54) is 0 Å². The molecule has 0 spiro atoms. The van der Waals surface area contributed by atoms with Gasteiger partial charge >= 0.3 is 0 Å². The number of nitrogens with zero attached hydrogens (tertiary/aromatic N) is 2. The molecule has 0 radical (unpaired) electrons. The summed E-state index contributed by atoms with van der Waals surface area (Å²) in [4.78, 5) is 0. The van der Waals surface area contributed by atoms with Crippen LogP contribution in [0.4, 0.5) is 0 Å². The van der Waals surface area contributed by atoms with E-state index in [-0.39, 0.29) is 0 Å². The monoisotopic (exact) mass is 876 g/mol. The summed E-state index contributed by atoms with van der Waals surface area (Å²) in [5.41, 5.74) is 11.5. The van der Waals surface area contributed by atoms with E-state index in [9.17, 15) is 5.26 Å². The van der Waals surface area contributed by atoms with Gasteiger partial charge in [0.15, 0.2) is 7.14 Å². The molecule has 0 saturated heterocycles. The smallest absolute Gasteiger partial charge is 0.171 e. The predicted molar refractivity (Wildman–Crippen MR) is 274 cm³/mol. The third-order valence-electron chi connectivity index (χ3n) is 13.5. The van der Waals surface area contributed by atoms with Crippen LogP contribution in [0.15, 0.2) is 249 Å². The molecule has 1 aromatic heterocycles. The number of rotatable bonds is 8. The van der Waals surface area contributed by atoms with E-state index in [2.05, 4.69) is 162 Å². The summed E-state index contributed by atoms with van der Waals surface area (Å²) in [7, 11) is -3.14. The van der Waals surface area contributed by atoms with Gasteiger partial charge in [0, 0.05) is 43.5 Å². The maximum absolute atomic E-state index is 15.2. The summed E-state index contributed by atoms with van der Waals surface area (Å²) in [5, 5.41) is 14.4. The summed E-state index contributed by atoms with van der Waals surface area (Å²) in [6.45, 7) is 0.